The van der Waals surface area contributed by atoms with Crippen LogP contribution in [0.25, 0.3) is 11.1 Å². The Hall–Kier alpha value is -6.78. The van der Waals surface area contributed by atoms with Crippen LogP contribution >= 0.6 is 0 Å². The highest BCUT2D eigenvalue weighted by Gasteiger charge is 2.49. The minimum absolute atomic E-state index is 0.0115. The molecule has 3 nitrogen and oxygen atoms in total. The molecule has 8 aromatic rings. The molecule has 0 N–H and O–H groups in total. The first kappa shape index (κ1) is 55.4. The molecule has 0 spiro atoms. The summed E-state index contributed by atoms with van der Waals surface area (Å²) in [6.07, 6.45) is 3.46. The number of hydrogen-bond donors (Lipinski definition) is 0. The van der Waals surface area contributed by atoms with E-state index in [0.717, 1.165) is 23.5 Å². The van der Waals surface area contributed by atoms with Crippen molar-refractivity contribution in [2.24, 2.45) is 0 Å². The van der Waals surface area contributed by atoms with E-state index in [1.54, 1.807) is 0 Å². The number of rotatable bonds is 5. The predicted molar refractivity (Wildman–Crippen MR) is 360 cm³/mol. The zero-order chi connectivity index (χ0) is 59.3. The first-order valence-corrected chi connectivity index (χ1v) is 31.2. The fraction of sp³-hybridized carbons (Fsp3) is 0.392. The van der Waals surface area contributed by atoms with Crippen molar-refractivity contribution in [3.8, 4) is 11.1 Å². The first-order valence-electron chi connectivity index (χ1n) is 31.2. The predicted octanol–water partition coefficient (Wildman–Crippen LogP) is 20.1. The lowest BCUT2D eigenvalue weighted by Crippen LogP contribution is -2.61. The molecule has 0 amide bonds. The van der Waals surface area contributed by atoms with Gasteiger partial charge in [0.2, 0.25) is 0 Å². The second kappa shape index (κ2) is 17.9. The van der Waals surface area contributed by atoms with Gasteiger partial charge >= 0.3 is 0 Å². The van der Waals surface area contributed by atoms with Crippen molar-refractivity contribution in [2.45, 2.75) is 201 Å². The van der Waals surface area contributed by atoms with Crippen LogP contribution in [0.2, 0.25) is 0 Å². The average Bonchev–Trinajstić information content (AvgIpc) is 1.64. The van der Waals surface area contributed by atoms with Gasteiger partial charge in [0.15, 0.2) is 0 Å². The van der Waals surface area contributed by atoms with Gasteiger partial charge in [-0.3, -0.25) is 0 Å². The van der Waals surface area contributed by atoms with Gasteiger partial charge in [-0.05, 0) is 226 Å². The molecule has 4 heteroatoms. The molecular formula is C79H90BN3. The van der Waals surface area contributed by atoms with Crippen molar-refractivity contribution in [1.82, 2.24) is 0 Å². The summed E-state index contributed by atoms with van der Waals surface area (Å²) in [6, 6.07) is 58.8. The van der Waals surface area contributed by atoms with Gasteiger partial charge in [-0.15, -0.1) is 0 Å². The van der Waals surface area contributed by atoms with E-state index in [9.17, 15) is 0 Å². The molecule has 0 aromatic heterocycles. The van der Waals surface area contributed by atoms with Crippen molar-refractivity contribution in [3.63, 3.8) is 0 Å². The molecule has 0 atom stereocenters. The van der Waals surface area contributed by atoms with E-state index in [1.807, 2.05) is 0 Å². The van der Waals surface area contributed by atoms with E-state index < -0.39 is 0 Å². The van der Waals surface area contributed by atoms with Crippen LogP contribution in [0, 0.1) is 6.92 Å². The lowest BCUT2D eigenvalue weighted by molar-refractivity contribution is 0.332. The van der Waals surface area contributed by atoms with Gasteiger partial charge in [-0.25, -0.2) is 0 Å². The maximum atomic E-state index is 2.70. The van der Waals surface area contributed by atoms with Gasteiger partial charge in [-0.2, -0.15) is 0 Å². The van der Waals surface area contributed by atoms with E-state index in [1.165, 1.54) is 130 Å². The molecule has 0 saturated heterocycles. The largest absolute Gasteiger partial charge is 0.311 e. The standard InChI is InChI=1S/C79H90BN3/c1-48-39-69-71-70(40-48)83(55-31-35-60-62(43-55)76(13,14)38-37-75(60,11)12)68-46-64-63(77(15,16)47-78(64,17)18)45-66(68)80(71)65-36-32-56(81(52-26-21-49(22-27-52)72(2,3)4)53-28-23-50(24-29-53)73(5,6)7)44-67(65)82(69)54-30-34-59-58(42-54)57-33-25-51(74(8,9)10)41-61(57)79(59,19)20/h21-36,39-46H,37-38,47H2,1-20H3. The van der Waals surface area contributed by atoms with Crippen LogP contribution in [0.3, 0.4) is 0 Å². The van der Waals surface area contributed by atoms with Gasteiger partial charge in [0, 0.05) is 56.6 Å². The third kappa shape index (κ3) is 8.63. The number of hydrogen-bond acceptors (Lipinski definition) is 3. The fourth-order valence-corrected chi connectivity index (χ4v) is 16.0. The highest BCUT2D eigenvalue weighted by atomic mass is 15.2. The molecule has 424 valence electrons. The van der Waals surface area contributed by atoms with Crippen LogP contribution in [0.15, 0.2) is 146 Å². The van der Waals surface area contributed by atoms with Crippen molar-refractivity contribution in [2.75, 3.05) is 14.7 Å². The molecule has 2 heterocycles. The topological polar surface area (TPSA) is 9.72 Å². The SMILES string of the molecule is Cc1cc2c3c(c1)N(c1ccc4c(c1)C(C)(C)CCC4(C)C)c1cc4c(cc1B3c1ccc(N(c3ccc(C(C)(C)C)cc3)c3ccc(C(C)(C)C)cc3)cc1N2c1ccc2c(c1)-c1ccc(C(C)(C)C)cc1C2(C)C)C(C)(C)CC4(C)C. The highest BCUT2D eigenvalue weighted by Crippen LogP contribution is 2.56. The fourth-order valence-electron chi connectivity index (χ4n) is 16.0. The van der Waals surface area contributed by atoms with Crippen molar-refractivity contribution < 1.29 is 0 Å². The van der Waals surface area contributed by atoms with Crippen molar-refractivity contribution in [1.29, 1.82) is 0 Å². The third-order valence-electron chi connectivity index (χ3n) is 20.8. The summed E-state index contributed by atoms with van der Waals surface area (Å²) < 4.78 is 0. The maximum Gasteiger partial charge on any atom is 0.252 e. The van der Waals surface area contributed by atoms with Crippen molar-refractivity contribution in [3.05, 3.63) is 201 Å². The summed E-state index contributed by atoms with van der Waals surface area (Å²) in [5.74, 6) is 0. The van der Waals surface area contributed by atoms with E-state index in [2.05, 4.69) is 299 Å². The molecule has 2 aliphatic heterocycles. The molecule has 0 bridgehead atoms. The zero-order valence-corrected chi connectivity index (χ0v) is 53.9. The zero-order valence-electron chi connectivity index (χ0n) is 53.9. The summed E-state index contributed by atoms with van der Waals surface area (Å²) in [7, 11) is 0. The number of benzene rings is 8. The molecule has 0 saturated carbocycles. The molecule has 0 fully saturated rings. The molecule has 0 unspecified atom stereocenters. The number of anilines is 9. The second-order valence-corrected chi connectivity index (χ2v) is 32.3. The Labute approximate surface area is 499 Å². The van der Waals surface area contributed by atoms with E-state index in [0.29, 0.717) is 0 Å². The van der Waals surface area contributed by atoms with Crippen LogP contribution in [0.5, 0.6) is 0 Å². The van der Waals surface area contributed by atoms with Gasteiger partial charge in [0.25, 0.3) is 6.71 Å². The monoisotopic (exact) mass is 1090 g/mol. The normalized spacial score (nSPS) is 18.1. The Balaban J connectivity index is 1.10. The molecule has 0 radical (unpaired) electrons. The minimum atomic E-state index is -0.151. The Morgan fingerprint density at radius 2 is 0.843 bits per heavy atom. The van der Waals surface area contributed by atoms with Crippen LogP contribution in [0.1, 0.15) is 206 Å². The quantitative estimate of drug-likeness (QED) is 0.159. The number of nitrogens with zero attached hydrogens (tertiary/aromatic N) is 3. The van der Waals surface area contributed by atoms with Crippen molar-refractivity contribution >= 4 is 74.3 Å². The van der Waals surface area contributed by atoms with Crippen LogP contribution in [-0.4, -0.2) is 6.71 Å². The molecule has 3 aliphatic carbocycles. The smallest absolute Gasteiger partial charge is 0.252 e. The van der Waals surface area contributed by atoms with Crippen LogP contribution in [-0.2, 0) is 43.3 Å². The number of fused-ring (bicyclic) bond motifs is 9. The van der Waals surface area contributed by atoms with Gasteiger partial charge < -0.3 is 14.7 Å². The van der Waals surface area contributed by atoms with E-state index in [-0.39, 0.29) is 50.0 Å². The summed E-state index contributed by atoms with van der Waals surface area (Å²) in [4.78, 5) is 7.87. The van der Waals surface area contributed by atoms with Gasteiger partial charge in [0.05, 0.1) is 0 Å². The summed E-state index contributed by atoms with van der Waals surface area (Å²) in [5, 5.41) is 0. The lowest BCUT2D eigenvalue weighted by Gasteiger charge is -2.46. The minimum Gasteiger partial charge on any atom is -0.311 e. The van der Waals surface area contributed by atoms with Crippen LogP contribution < -0.4 is 31.1 Å². The van der Waals surface area contributed by atoms with E-state index in [4.69, 9.17) is 0 Å². The highest BCUT2D eigenvalue weighted by molar-refractivity contribution is 7.00. The van der Waals surface area contributed by atoms with Crippen LogP contribution in [0.4, 0.5) is 51.2 Å². The summed E-state index contributed by atoms with van der Waals surface area (Å²) >= 11 is 0. The molecule has 8 aromatic carbocycles. The van der Waals surface area contributed by atoms with Gasteiger partial charge in [0.1, 0.15) is 0 Å². The third-order valence-corrected chi connectivity index (χ3v) is 20.8. The molecular weight excluding hydrogens is 1000 g/mol. The Morgan fingerprint density at radius 1 is 0.373 bits per heavy atom. The Morgan fingerprint density at radius 3 is 1.40 bits per heavy atom. The molecule has 83 heavy (non-hydrogen) atoms. The number of aryl methyl sites for hydroxylation is 1. The Bertz CT molecular complexity index is 3930. The average molecular weight is 1090 g/mol. The van der Waals surface area contributed by atoms with Gasteiger partial charge in [-0.1, -0.05) is 198 Å². The lowest BCUT2D eigenvalue weighted by atomic mass is 9.33. The summed E-state index contributed by atoms with van der Waals surface area (Å²) in [5.41, 5.74) is 31.9. The maximum absolute atomic E-state index is 2.70. The molecule has 5 aliphatic rings. The Kier molecular flexibility index (Phi) is 11.9. The van der Waals surface area contributed by atoms with E-state index >= 15 is 0 Å². The summed E-state index contributed by atoms with van der Waals surface area (Å²) in [6.45, 7) is 47.8. The molecule has 13 rings (SSSR count). The first-order chi connectivity index (χ1) is 38.7. The second-order valence-electron chi connectivity index (χ2n) is 32.3.